The highest BCUT2D eigenvalue weighted by Gasteiger charge is 2.30. The zero-order valence-electron chi connectivity index (χ0n) is 8.62. The van der Waals surface area contributed by atoms with Crippen LogP contribution in [0.4, 0.5) is 13.2 Å². The first-order valence-corrected chi connectivity index (χ1v) is 4.66. The summed E-state index contributed by atoms with van der Waals surface area (Å²) in [5, 5.41) is 14.1. The monoisotopic (exact) mass is 253 g/mol. The number of hydrogen-bond acceptors (Lipinski definition) is 5. The highest BCUT2D eigenvalue weighted by atomic mass is 19.4. The minimum atomic E-state index is -4.51. The molecule has 1 aromatic heterocycles. The topological polar surface area (TPSA) is 88.2 Å². The van der Waals surface area contributed by atoms with Crippen molar-refractivity contribution >= 4 is 5.91 Å². The van der Waals surface area contributed by atoms with Gasteiger partial charge in [-0.05, 0) is 0 Å². The van der Waals surface area contributed by atoms with Crippen molar-refractivity contribution in [1.82, 2.24) is 15.5 Å². The van der Waals surface area contributed by atoms with Crippen LogP contribution in [0.3, 0.4) is 0 Å². The summed E-state index contributed by atoms with van der Waals surface area (Å²) in [6, 6.07) is 0. The normalized spacial score (nSPS) is 11.5. The fourth-order valence-electron chi connectivity index (χ4n) is 1.01. The number of aromatic nitrogens is 2. The molecule has 1 rings (SSSR count). The summed E-state index contributed by atoms with van der Waals surface area (Å²) in [7, 11) is 0. The molecule has 0 spiro atoms. The Labute approximate surface area is 93.8 Å². The van der Waals surface area contributed by atoms with Crippen LogP contribution in [0.2, 0.25) is 0 Å². The van der Waals surface area contributed by atoms with E-state index in [1.807, 2.05) is 0 Å². The Bertz CT molecular complexity index is 378. The molecule has 6 nitrogen and oxygen atoms in total. The molecule has 17 heavy (non-hydrogen) atoms. The molecule has 1 aromatic rings. The number of amides is 1. The molecule has 0 saturated heterocycles. The number of alkyl halides is 3. The molecule has 0 atom stereocenters. The van der Waals surface area contributed by atoms with Gasteiger partial charge in [-0.2, -0.15) is 18.2 Å². The highest BCUT2D eigenvalue weighted by molar-refractivity contribution is 5.76. The van der Waals surface area contributed by atoms with E-state index in [9.17, 15) is 18.0 Å². The Morgan fingerprint density at radius 2 is 2.18 bits per heavy atom. The third-order valence-electron chi connectivity index (χ3n) is 1.68. The van der Waals surface area contributed by atoms with Crippen LogP contribution in [-0.4, -0.2) is 33.9 Å². The van der Waals surface area contributed by atoms with Gasteiger partial charge < -0.3 is 14.9 Å². The van der Waals surface area contributed by atoms with Gasteiger partial charge in [0, 0.05) is 13.0 Å². The number of carbonyl (C=O) groups is 1. The van der Waals surface area contributed by atoms with E-state index in [2.05, 4.69) is 20.0 Å². The summed E-state index contributed by atoms with van der Waals surface area (Å²) in [6.07, 6.45) is -5.89. The van der Waals surface area contributed by atoms with Crippen molar-refractivity contribution in [3.63, 3.8) is 0 Å². The maximum Gasteiger partial charge on any atom is 0.397 e. The molecule has 1 amide bonds. The van der Waals surface area contributed by atoms with Crippen LogP contribution >= 0.6 is 0 Å². The number of carbonyl (C=O) groups excluding carboxylic acids is 1. The Morgan fingerprint density at radius 3 is 2.71 bits per heavy atom. The zero-order valence-corrected chi connectivity index (χ0v) is 8.62. The quantitative estimate of drug-likeness (QED) is 0.781. The van der Waals surface area contributed by atoms with E-state index in [4.69, 9.17) is 5.11 Å². The smallest absolute Gasteiger partial charge is 0.387 e. The molecule has 0 fully saturated rings. The van der Waals surface area contributed by atoms with Gasteiger partial charge >= 0.3 is 6.18 Å². The average molecular weight is 253 g/mol. The van der Waals surface area contributed by atoms with Gasteiger partial charge in [-0.25, -0.2) is 0 Å². The molecule has 1 heterocycles. The molecule has 0 saturated carbocycles. The SMILES string of the molecule is O=C(CC(F)(F)F)NCCc1noc(CO)n1. The van der Waals surface area contributed by atoms with Gasteiger partial charge in [0.25, 0.3) is 5.89 Å². The molecule has 0 unspecified atom stereocenters. The highest BCUT2D eigenvalue weighted by Crippen LogP contribution is 2.18. The lowest BCUT2D eigenvalue weighted by Gasteiger charge is -2.06. The Morgan fingerprint density at radius 1 is 1.47 bits per heavy atom. The second-order valence-electron chi connectivity index (χ2n) is 3.15. The van der Waals surface area contributed by atoms with Gasteiger partial charge in [-0.15, -0.1) is 0 Å². The predicted octanol–water partition coefficient (Wildman–Crippen LogP) is 0.173. The summed E-state index contributed by atoms with van der Waals surface area (Å²) in [5.74, 6) is -0.883. The minimum Gasteiger partial charge on any atom is -0.387 e. The number of nitrogens with zero attached hydrogens (tertiary/aromatic N) is 2. The summed E-state index contributed by atoms with van der Waals surface area (Å²) in [5.41, 5.74) is 0. The van der Waals surface area contributed by atoms with E-state index in [0.717, 1.165) is 0 Å². The van der Waals surface area contributed by atoms with Crippen molar-refractivity contribution in [3.8, 4) is 0 Å². The van der Waals surface area contributed by atoms with Gasteiger partial charge in [-0.3, -0.25) is 4.79 Å². The molecule has 0 aliphatic carbocycles. The van der Waals surface area contributed by atoms with Crippen LogP contribution < -0.4 is 5.32 Å². The van der Waals surface area contributed by atoms with Gasteiger partial charge in [-0.1, -0.05) is 5.16 Å². The molecule has 0 aliphatic heterocycles. The van der Waals surface area contributed by atoms with Crippen LogP contribution in [-0.2, 0) is 17.8 Å². The lowest BCUT2D eigenvalue weighted by molar-refractivity contribution is -0.153. The number of nitrogens with one attached hydrogen (secondary N) is 1. The Hall–Kier alpha value is -1.64. The maximum atomic E-state index is 11.8. The third kappa shape index (κ3) is 5.29. The van der Waals surface area contributed by atoms with Crippen molar-refractivity contribution in [1.29, 1.82) is 0 Å². The van der Waals surface area contributed by atoms with Crippen LogP contribution in [0.15, 0.2) is 4.52 Å². The first-order valence-electron chi connectivity index (χ1n) is 4.66. The molecule has 96 valence electrons. The molecule has 2 N–H and O–H groups in total. The standard InChI is InChI=1S/C8H10F3N3O3/c9-8(10,11)3-6(16)12-2-1-5-13-7(4-15)17-14-5/h15H,1-4H2,(H,12,16). The van der Waals surface area contributed by atoms with E-state index >= 15 is 0 Å². The summed E-state index contributed by atoms with van der Waals surface area (Å²) >= 11 is 0. The Balaban J connectivity index is 2.26. The van der Waals surface area contributed by atoms with Crippen molar-refractivity contribution in [3.05, 3.63) is 11.7 Å². The molecule has 0 aromatic carbocycles. The first kappa shape index (κ1) is 13.4. The molecule has 0 aliphatic rings. The van der Waals surface area contributed by atoms with Crippen molar-refractivity contribution in [2.45, 2.75) is 25.6 Å². The van der Waals surface area contributed by atoms with Gasteiger partial charge in [0.15, 0.2) is 5.82 Å². The van der Waals surface area contributed by atoms with Crippen molar-refractivity contribution in [2.75, 3.05) is 6.54 Å². The number of hydrogen-bond donors (Lipinski definition) is 2. The zero-order chi connectivity index (χ0) is 12.9. The number of aliphatic hydroxyl groups is 1. The second-order valence-corrected chi connectivity index (χ2v) is 3.15. The van der Waals surface area contributed by atoms with Crippen LogP contribution in [0.5, 0.6) is 0 Å². The van der Waals surface area contributed by atoms with Crippen LogP contribution in [0, 0.1) is 0 Å². The van der Waals surface area contributed by atoms with E-state index in [1.165, 1.54) is 0 Å². The van der Waals surface area contributed by atoms with E-state index < -0.39 is 25.1 Å². The van der Waals surface area contributed by atoms with Crippen molar-refractivity contribution in [2.24, 2.45) is 0 Å². The van der Waals surface area contributed by atoms with Gasteiger partial charge in [0.2, 0.25) is 5.91 Å². The summed E-state index contributed by atoms with van der Waals surface area (Å²) in [4.78, 5) is 14.5. The van der Waals surface area contributed by atoms with E-state index in [0.29, 0.717) is 0 Å². The number of aliphatic hydroxyl groups excluding tert-OH is 1. The fourth-order valence-corrected chi connectivity index (χ4v) is 1.01. The number of rotatable bonds is 5. The van der Waals surface area contributed by atoms with Crippen LogP contribution in [0.25, 0.3) is 0 Å². The third-order valence-corrected chi connectivity index (χ3v) is 1.68. The minimum absolute atomic E-state index is 0.0154. The van der Waals surface area contributed by atoms with Gasteiger partial charge in [0.1, 0.15) is 13.0 Å². The maximum absolute atomic E-state index is 11.8. The Kier molecular flexibility index (Phi) is 4.44. The lowest BCUT2D eigenvalue weighted by Crippen LogP contribution is -2.30. The largest absolute Gasteiger partial charge is 0.397 e. The fraction of sp³-hybridized carbons (Fsp3) is 0.625. The van der Waals surface area contributed by atoms with Gasteiger partial charge in [0.05, 0.1) is 0 Å². The average Bonchev–Trinajstić information content (AvgIpc) is 2.63. The molecule has 0 radical (unpaired) electrons. The van der Waals surface area contributed by atoms with Crippen molar-refractivity contribution < 1.29 is 27.6 Å². The van der Waals surface area contributed by atoms with E-state index in [-0.39, 0.29) is 24.7 Å². The molecular weight excluding hydrogens is 243 g/mol. The first-order chi connectivity index (χ1) is 7.90. The lowest BCUT2D eigenvalue weighted by atomic mass is 10.3. The van der Waals surface area contributed by atoms with Crippen LogP contribution in [0.1, 0.15) is 18.1 Å². The summed E-state index contributed by atoms with van der Waals surface area (Å²) in [6.45, 7) is -0.438. The predicted molar refractivity (Wildman–Crippen MR) is 47.6 cm³/mol. The second kappa shape index (κ2) is 5.62. The molecule has 9 heteroatoms. The molecular formula is C8H10F3N3O3. The summed E-state index contributed by atoms with van der Waals surface area (Å²) < 4.78 is 39.9. The molecule has 0 bridgehead atoms. The van der Waals surface area contributed by atoms with E-state index in [1.54, 1.807) is 0 Å². The number of halogens is 3.